The summed E-state index contributed by atoms with van der Waals surface area (Å²) in [4.78, 5) is 30.2. The van der Waals surface area contributed by atoms with E-state index >= 15 is 0 Å². The molecule has 1 aliphatic carbocycles. The fourth-order valence-corrected chi connectivity index (χ4v) is 4.58. The van der Waals surface area contributed by atoms with Crippen LogP contribution >= 0.6 is 0 Å². The van der Waals surface area contributed by atoms with Crippen molar-refractivity contribution in [1.29, 1.82) is 0 Å². The maximum atomic E-state index is 14.7. The summed E-state index contributed by atoms with van der Waals surface area (Å²) in [7, 11) is 1.50. The largest absolute Gasteiger partial charge is 0.497 e. The van der Waals surface area contributed by atoms with E-state index in [1.807, 2.05) is 6.92 Å². The summed E-state index contributed by atoms with van der Waals surface area (Å²) < 4.78 is 25.7. The van der Waals surface area contributed by atoms with Crippen molar-refractivity contribution in [3.63, 3.8) is 0 Å². The summed E-state index contributed by atoms with van der Waals surface area (Å²) in [5.74, 6) is -0.790. The Morgan fingerprint density at radius 1 is 1.38 bits per heavy atom. The van der Waals surface area contributed by atoms with Crippen molar-refractivity contribution >= 4 is 22.9 Å². The Balaban J connectivity index is 1.73. The molecule has 2 saturated heterocycles. The smallest absolute Gasteiger partial charge is 0.414 e. The van der Waals surface area contributed by atoms with Crippen LogP contribution in [0.2, 0.25) is 0 Å². The highest BCUT2D eigenvalue weighted by molar-refractivity contribution is 5.96. The van der Waals surface area contributed by atoms with E-state index in [1.165, 1.54) is 7.11 Å². The van der Waals surface area contributed by atoms with Gasteiger partial charge in [-0.1, -0.05) is 0 Å². The van der Waals surface area contributed by atoms with E-state index in [4.69, 9.17) is 9.47 Å². The van der Waals surface area contributed by atoms with Crippen LogP contribution in [0.1, 0.15) is 36.8 Å². The topological polar surface area (TPSA) is 89.0 Å². The third kappa shape index (κ3) is 3.31. The van der Waals surface area contributed by atoms with Crippen LogP contribution in [0.3, 0.4) is 0 Å². The number of aromatic nitrogens is 1. The average Bonchev–Trinajstić information content (AvgIpc) is 2.71. The fraction of sp³-hybridized carbons (Fsp3) is 0.476. The second-order valence-corrected chi connectivity index (χ2v) is 7.85. The van der Waals surface area contributed by atoms with Crippen LogP contribution in [0, 0.1) is 12.7 Å². The molecule has 2 bridgehead atoms. The molecular formula is C21H23FN2O5. The maximum absolute atomic E-state index is 14.7. The van der Waals surface area contributed by atoms with Crippen LogP contribution < -0.4 is 4.74 Å². The lowest BCUT2D eigenvalue weighted by molar-refractivity contribution is -0.155. The summed E-state index contributed by atoms with van der Waals surface area (Å²) in [5, 5.41) is 10.3. The Hall–Kier alpha value is -2.74. The lowest BCUT2D eigenvalue weighted by Gasteiger charge is -2.50. The first-order valence-corrected chi connectivity index (χ1v) is 9.64. The standard InChI is InChI=1S/C21H23FN2O5/c1-12-7-14(28-2)8-16-15(17(22)10-23-19(12)16)9-18(25)24(20(26)27)21-5-3-13(4-6-21)29-11-21/h7-8,10,13H,3-6,9,11H2,1-2H3,(H,26,27). The zero-order chi connectivity index (χ0) is 20.8. The molecule has 1 N–H and O–H groups in total. The number of aryl methyl sites for hydroxylation is 1. The van der Waals surface area contributed by atoms with Crippen LogP contribution in [0.5, 0.6) is 5.75 Å². The third-order valence-corrected chi connectivity index (χ3v) is 6.12. The first-order valence-electron chi connectivity index (χ1n) is 9.64. The van der Waals surface area contributed by atoms with Gasteiger partial charge in [-0.15, -0.1) is 0 Å². The Bertz CT molecular complexity index is 971. The molecule has 1 saturated carbocycles. The zero-order valence-electron chi connectivity index (χ0n) is 16.4. The van der Waals surface area contributed by atoms with Gasteiger partial charge in [0.15, 0.2) is 0 Å². The predicted molar refractivity (Wildman–Crippen MR) is 103 cm³/mol. The molecule has 7 nitrogen and oxygen atoms in total. The Morgan fingerprint density at radius 2 is 2.10 bits per heavy atom. The van der Waals surface area contributed by atoms with E-state index < -0.39 is 23.4 Å². The van der Waals surface area contributed by atoms with Crippen LogP contribution in [0.15, 0.2) is 18.3 Å². The highest BCUT2D eigenvalue weighted by atomic mass is 19.1. The molecule has 2 aliphatic heterocycles. The van der Waals surface area contributed by atoms with E-state index in [1.54, 1.807) is 12.1 Å². The number of hydrogen-bond donors (Lipinski definition) is 1. The predicted octanol–water partition coefficient (Wildman–Crippen LogP) is 3.45. The van der Waals surface area contributed by atoms with Crippen molar-refractivity contribution in [3.8, 4) is 5.75 Å². The van der Waals surface area contributed by atoms with Crippen molar-refractivity contribution in [1.82, 2.24) is 9.88 Å². The number of pyridine rings is 1. The molecule has 1 aromatic heterocycles. The van der Waals surface area contributed by atoms with Crippen molar-refractivity contribution < 1.29 is 28.6 Å². The maximum Gasteiger partial charge on any atom is 0.414 e. The second kappa shape index (κ2) is 7.26. The van der Waals surface area contributed by atoms with Gasteiger partial charge in [0.2, 0.25) is 5.91 Å². The number of fused-ring (bicyclic) bond motifs is 4. The number of carboxylic acid groups (broad SMARTS) is 1. The van der Waals surface area contributed by atoms with Crippen LogP contribution in [-0.4, -0.2) is 52.4 Å². The molecule has 0 unspecified atom stereocenters. The molecule has 2 amide bonds. The Labute approximate surface area is 167 Å². The summed E-state index contributed by atoms with van der Waals surface area (Å²) in [5.41, 5.74) is 0.581. The molecule has 3 fully saturated rings. The van der Waals surface area contributed by atoms with E-state index in [9.17, 15) is 19.1 Å². The third-order valence-electron chi connectivity index (χ3n) is 6.12. The Kier molecular flexibility index (Phi) is 4.90. The molecule has 3 heterocycles. The lowest BCUT2D eigenvalue weighted by Crippen LogP contribution is -2.62. The summed E-state index contributed by atoms with van der Waals surface area (Å²) in [6.45, 7) is 2.02. The van der Waals surface area contributed by atoms with E-state index in [0.717, 1.165) is 29.5 Å². The molecule has 1 aromatic carbocycles. The van der Waals surface area contributed by atoms with Crippen molar-refractivity contribution in [2.75, 3.05) is 13.7 Å². The molecule has 29 heavy (non-hydrogen) atoms. The first-order chi connectivity index (χ1) is 13.8. The SMILES string of the molecule is COc1cc(C)c2ncc(F)c(CC(=O)N(C(=O)O)C34CCC(CC3)OC4)c2c1. The Morgan fingerprint density at radius 3 is 2.69 bits per heavy atom. The summed E-state index contributed by atoms with van der Waals surface area (Å²) in [6.07, 6.45) is 2.09. The number of amides is 2. The number of nitrogens with zero attached hydrogens (tertiary/aromatic N) is 2. The molecular weight excluding hydrogens is 379 g/mol. The number of halogens is 1. The number of imide groups is 1. The number of hydrogen-bond acceptors (Lipinski definition) is 5. The van der Waals surface area contributed by atoms with Gasteiger partial charge in [0.05, 0.1) is 43.5 Å². The van der Waals surface area contributed by atoms with Gasteiger partial charge in [-0.25, -0.2) is 14.1 Å². The van der Waals surface area contributed by atoms with Crippen molar-refractivity contribution in [2.24, 2.45) is 0 Å². The number of rotatable bonds is 4. The number of carbonyl (C=O) groups is 2. The highest BCUT2D eigenvalue weighted by Gasteiger charge is 2.50. The van der Waals surface area contributed by atoms with E-state index in [2.05, 4.69) is 4.98 Å². The molecule has 8 heteroatoms. The molecule has 0 radical (unpaired) electrons. The van der Waals surface area contributed by atoms with Gasteiger partial charge in [0.25, 0.3) is 0 Å². The van der Waals surface area contributed by atoms with Gasteiger partial charge < -0.3 is 14.6 Å². The zero-order valence-corrected chi connectivity index (χ0v) is 16.4. The highest BCUT2D eigenvalue weighted by Crippen LogP contribution is 2.41. The number of methoxy groups -OCH3 is 1. The molecule has 154 valence electrons. The number of carbonyl (C=O) groups excluding carboxylic acids is 1. The lowest BCUT2D eigenvalue weighted by atomic mass is 9.76. The van der Waals surface area contributed by atoms with Crippen LogP contribution in [0.4, 0.5) is 9.18 Å². The minimum atomic E-state index is -1.33. The molecule has 2 aromatic rings. The summed E-state index contributed by atoms with van der Waals surface area (Å²) >= 11 is 0. The van der Waals surface area contributed by atoms with Gasteiger partial charge in [-0.3, -0.25) is 9.78 Å². The number of benzene rings is 1. The molecule has 0 spiro atoms. The van der Waals surface area contributed by atoms with E-state index in [0.29, 0.717) is 29.5 Å². The van der Waals surface area contributed by atoms with Crippen LogP contribution in [-0.2, 0) is 16.0 Å². The van der Waals surface area contributed by atoms with Gasteiger partial charge in [0.1, 0.15) is 11.6 Å². The van der Waals surface area contributed by atoms with Gasteiger partial charge in [-0.05, 0) is 50.3 Å². The van der Waals surface area contributed by atoms with Crippen molar-refractivity contribution in [2.45, 2.75) is 50.7 Å². The van der Waals surface area contributed by atoms with Crippen LogP contribution in [0.25, 0.3) is 10.9 Å². The van der Waals surface area contributed by atoms with Gasteiger partial charge in [-0.2, -0.15) is 0 Å². The van der Waals surface area contributed by atoms with Crippen molar-refractivity contribution in [3.05, 3.63) is 35.3 Å². The second-order valence-electron chi connectivity index (χ2n) is 7.85. The first kappa shape index (κ1) is 19.6. The normalized spacial score (nSPS) is 23.2. The minimum absolute atomic E-state index is 0.120. The quantitative estimate of drug-likeness (QED) is 0.843. The average molecular weight is 402 g/mol. The molecule has 0 atom stereocenters. The summed E-state index contributed by atoms with van der Waals surface area (Å²) in [6, 6.07) is 3.40. The van der Waals surface area contributed by atoms with Gasteiger partial charge in [0, 0.05) is 10.9 Å². The molecule has 3 aliphatic rings. The number of ether oxygens (including phenoxy) is 2. The van der Waals surface area contributed by atoms with E-state index in [-0.39, 0.29) is 24.7 Å². The monoisotopic (exact) mass is 402 g/mol. The van der Waals surface area contributed by atoms with Gasteiger partial charge >= 0.3 is 6.09 Å². The minimum Gasteiger partial charge on any atom is -0.497 e. The fourth-order valence-electron chi connectivity index (χ4n) is 4.58. The molecule has 5 rings (SSSR count).